The minimum atomic E-state index is -1.20. The fraction of sp³-hybridized carbons (Fsp3) is 0.208. The molecule has 0 atom stereocenters. The van der Waals surface area contributed by atoms with Gasteiger partial charge in [-0.3, -0.25) is 14.6 Å². The van der Waals surface area contributed by atoms with E-state index in [2.05, 4.69) is 31.3 Å². The molecular weight excluding hydrogens is 488 g/mol. The van der Waals surface area contributed by atoms with Crippen LogP contribution in [-0.4, -0.2) is 33.6 Å². The third-order valence-corrected chi connectivity index (χ3v) is 5.73. The smallest absolute Gasteiger partial charge is 0.338 e. The minimum absolute atomic E-state index is 0.0660. The van der Waals surface area contributed by atoms with E-state index >= 15 is 0 Å². The van der Waals surface area contributed by atoms with E-state index in [0.717, 1.165) is 5.71 Å². The highest BCUT2D eigenvalue weighted by atomic mass is 79.9. The number of pyridine rings is 1. The average molecular weight is 509 g/mol. The molecule has 2 amide bonds. The molecule has 2 heterocycles. The molecule has 3 aromatic rings. The number of carboxylic acids is 1. The van der Waals surface area contributed by atoms with Gasteiger partial charge in [0.25, 0.3) is 11.8 Å². The number of aromatic carboxylic acids is 1. The lowest BCUT2D eigenvalue weighted by Gasteiger charge is -2.16. The van der Waals surface area contributed by atoms with Gasteiger partial charge in [-0.15, -0.1) is 0 Å². The SMILES string of the molecule is CCCc1nc2ccc(Br)cc2c(C(=O)Nc2ccc(N3N=C(C)CC3=O)cc2)c1C(=O)O. The first-order valence-electron chi connectivity index (χ1n) is 10.4. The van der Waals surface area contributed by atoms with Gasteiger partial charge in [-0.1, -0.05) is 29.3 Å². The highest BCUT2D eigenvalue weighted by Gasteiger charge is 2.26. The summed E-state index contributed by atoms with van der Waals surface area (Å²) in [5, 5.41) is 18.7. The number of hydrogen-bond acceptors (Lipinski definition) is 5. The van der Waals surface area contributed by atoms with Crippen molar-refractivity contribution in [3.05, 3.63) is 63.8 Å². The molecule has 1 aliphatic heterocycles. The number of nitrogens with one attached hydrogen (secondary N) is 1. The summed E-state index contributed by atoms with van der Waals surface area (Å²) < 4.78 is 0.709. The first-order chi connectivity index (χ1) is 15.8. The third kappa shape index (κ3) is 4.49. The molecule has 1 aliphatic rings. The maximum Gasteiger partial charge on any atom is 0.338 e. The van der Waals surface area contributed by atoms with Crippen molar-refractivity contribution in [1.29, 1.82) is 0 Å². The summed E-state index contributed by atoms with van der Waals surface area (Å²) >= 11 is 3.39. The fourth-order valence-electron chi connectivity index (χ4n) is 3.81. The van der Waals surface area contributed by atoms with E-state index in [0.29, 0.717) is 45.3 Å². The molecule has 1 aromatic heterocycles. The standard InChI is InChI=1S/C24H21BrN4O4/c1-3-4-19-22(24(32)33)21(17-12-14(25)5-10-18(17)27-19)23(31)26-15-6-8-16(9-7-15)29-20(30)11-13(2)28-29/h5-10,12H,3-4,11H2,1-2H3,(H,26,31)(H,32,33). The Bertz CT molecular complexity index is 1320. The number of aryl methyl sites for hydroxylation is 1. The highest BCUT2D eigenvalue weighted by Crippen LogP contribution is 2.29. The van der Waals surface area contributed by atoms with E-state index in [1.165, 1.54) is 5.01 Å². The molecule has 0 unspecified atom stereocenters. The Kier molecular flexibility index (Phi) is 6.24. The molecule has 2 N–H and O–H groups in total. The fourth-order valence-corrected chi connectivity index (χ4v) is 4.17. The van der Waals surface area contributed by atoms with Crippen LogP contribution in [0.2, 0.25) is 0 Å². The number of fused-ring (bicyclic) bond motifs is 1. The van der Waals surface area contributed by atoms with Gasteiger partial charge < -0.3 is 10.4 Å². The Morgan fingerprint density at radius 3 is 2.48 bits per heavy atom. The van der Waals surface area contributed by atoms with Crippen LogP contribution >= 0.6 is 15.9 Å². The number of carboxylic acid groups (broad SMARTS) is 1. The van der Waals surface area contributed by atoms with Crippen molar-refractivity contribution >= 4 is 61.7 Å². The van der Waals surface area contributed by atoms with Crippen LogP contribution in [0.1, 0.15) is 53.1 Å². The van der Waals surface area contributed by atoms with Gasteiger partial charge in [0.05, 0.1) is 34.4 Å². The second-order valence-electron chi connectivity index (χ2n) is 7.74. The van der Waals surface area contributed by atoms with Crippen molar-refractivity contribution in [2.75, 3.05) is 10.3 Å². The van der Waals surface area contributed by atoms with Gasteiger partial charge in [0, 0.05) is 21.3 Å². The van der Waals surface area contributed by atoms with Crippen molar-refractivity contribution in [1.82, 2.24) is 4.98 Å². The quantitative estimate of drug-likeness (QED) is 0.485. The molecule has 0 spiro atoms. The molecule has 8 nitrogen and oxygen atoms in total. The number of carbonyl (C=O) groups excluding carboxylic acids is 2. The largest absolute Gasteiger partial charge is 0.478 e. The van der Waals surface area contributed by atoms with Crippen LogP contribution in [0.4, 0.5) is 11.4 Å². The number of benzene rings is 2. The van der Waals surface area contributed by atoms with Gasteiger partial charge in [-0.25, -0.2) is 9.80 Å². The average Bonchev–Trinajstić information content (AvgIpc) is 3.11. The summed E-state index contributed by atoms with van der Waals surface area (Å²) in [6.07, 6.45) is 1.41. The zero-order chi connectivity index (χ0) is 23.7. The number of carbonyl (C=O) groups is 3. The van der Waals surface area contributed by atoms with Crippen LogP contribution in [0.5, 0.6) is 0 Å². The maximum absolute atomic E-state index is 13.4. The minimum Gasteiger partial charge on any atom is -0.478 e. The van der Waals surface area contributed by atoms with E-state index in [9.17, 15) is 19.5 Å². The van der Waals surface area contributed by atoms with E-state index < -0.39 is 11.9 Å². The van der Waals surface area contributed by atoms with E-state index in [4.69, 9.17) is 0 Å². The van der Waals surface area contributed by atoms with Crippen molar-refractivity contribution in [3.63, 3.8) is 0 Å². The first kappa shape index (κ1) is 22.6. The van der Waals surface area contributed by atoms with Gasteiger partial charge in [0.15, 0.2) is 0 Å². The lowest BCUT2D eigenvalue weighted by atomic mass is 9.97. The summed E-state index contributed by atoms with van der Waals surface area (Å²) in [6.45, 7) is 3.72. The van der Waals surface area contributed by atoms with E-state index in [1.807, 2.05) is 6.92 Å². The second-order valence-corrected chi connectivity index (χ2v) is 8.66. The van der Waals surface area contributed by atoms with Crippen LogP contribution in [-0.2, 0) is 11.2 Å². The number of amides is 2. The molecule has 168 valence electrons. The summed E-state index contributed by atoms with van der Waals surface area (Å²) in [6, 6.07) is 11.9. The topological polar surface area (TPSA) is 112 Å². The number of hydrogen-bond donors (Lipinski definition) is 2. The van der Waals surface area contributed by atoms with Crippen LogP contribution < -0.4 is 10.3 Å². The number of nitrogens with zero attached hydrogens (tertiary/aromatic N) is 3. The van der Waals surface area contributed by atoms with Crippen molar-refractivity contribution in [2.45, 2.75) is 33.1 Å². The third-order valence-electron chi connectivity index (χ3n) is 5.23. The number of aromatic nitrogens is 1. The van der Waals surface area contributed by atoms with Gasteiger partial charge in [-0.2, -0.15) is 5.10 Å². The highest BCUT2D eigenvalue weighted by molar-refractivity contribution is 9.10. The Morgan fingerprint density at radius 1 is 1.15 bits per heavy atom. The van der Waals surface area contributed by atoms with E-state index in [1.54, 1.807) is 49.4 Å². The molecule has 33 heavy (non-hydrogen) atoms. The van der Waals surface area contributed by atoms with Gasteiger partial charge >= 0.3 is 5.97 Å². The number of hydrazone groups is 1. The van der Waals surface area contributed by atoms with Gasteiger partial charge in [0.1, 0.15) is 0 Å². The summed E-state index contributed by atoms with van der Waals surface area (Å²) in [5.41, 5.74) is 2.68. The van der Waals surface area contributed by atoms with Crippen LogP contribution in [0.15, 0.2) is 52.0 Å². The van der Waals surface area contributed by atoms with Crippen molar-refractivity contribution < 1.29 is 19.5 Å². The predicted molar refractivity (Wildman–Crippen MR) is 130 cm³/mol. The lowest BCUT2D eigenvalue weighted by Crippen LogP contribution is -2.21. The summed E-state index contributed by atoms with van der Waals surface area (Å²) in [4.78, 5) is 42.1. The summed E-state index contributed by atoms with van der Waals surface area (Å²) in [7, 11) is 0. The molecule has 0 aliphatic carbocycles. The van der Waals surface area contributed by atoms with Crippen LogP contribution in [0.25, 0.3) is 10.9 Å². The van der Waals surface area contributed by atoms with Crippen molar-refractivity contribution in [3.8, 4) is 0 Å². The molecule has 0 radical (unpaired) electrons. The monoisotopic (exact) mass is 508 g/mol. The second kappa shape index (κ2) is 9.11. The molecule has 0 saturated carbocycles. The molecule has 4 rings (SSSR count). The van der Waals surface area contributed by atoms with Crippen LogP contribution in [0, 0.1) is 0 Å². The Balaban J connectivity index is 1.73. The molecule has 0 saturated heterocycles. The summed E-state index contributed by atoms with van der Waals surface area (Å²) in [5.74, 6) is -1.86. The lowest BCUT2D eigenvalue weighted by molar-refractivity contribution is -0.116. The Morgan fingerprint density at radius 2 is 1.88 bits per heavy atom. The molecule has 9 heteroatoms. The number of anilines is 2. The zero-order valence-electron chi connectivity index (χ0n) is 18.1. The predicted octanol–water partition coefficient (Wildman–Crippen LogP) is 5.01. The van der Waals surface area contributed by atoms with Gasteiger partial charge in [0.2, 0.25) is 0 Å². The normalized spacial score (nSPS) is 13.4. The molecule has 0 bridgehead atoms. The Labute approximate surface area is 198 Å². The first-order valence-corrected chi connectivity index (χ1v) is 11.2. The van der Waals surface area contributed by atoms with Crippen molar-refractivity contribution in [2.24, 2.45) is 5.10 Å². The molecule has 2 aromatic carbocycles. The van der Waals surface area contributed by atoms with Gasteiger partial charge in [-0.05, 0) is 55.8 Å². The number of rotatable bonds is 6. The number of halogens is 1. The maximum atomic E-state index is 13.4. The zero-order valence-corrected chi connectivity index (χ0v) is 19.6. The Hall–Kier alpha value is -3.59. The molecular formula is C24H21BrN4O4. The van der Waals surface area contributed by atoms with E-state index in [-0.39, 0.29) is 23.5 Å². The van der Waals surface area contributed by atoms with Crippen LogP contribution in [0.3, 0.4) is 0 Å². The molecule has 0 fully saturated rings.